The number of benzene rings is 1. The molecule has 4 nitrogen and oxygen atoms in total. The topological polar surface area (TPSA) is 63.1 Å². The largest absolute Gasteiger partial charge is 0.478 e. The molecule has 1 aromatic heterocycles. The predicted molar refractivity (Wildman–Crippen MR) is 64.2 cm³/mol. The van der Waals surface area contributed by atoms with E-state index in [1.54, 1.807) is 0 Å². The maximum absolute atomic E-state index is 10.9. The van der Waals surface area contributed by atoms with E-state index in [0.717, 1.165) is 11.1 Å². The van der Waals surface area contributed by atoms with E-state index in [2.05, 4.69) is 10.2 Å². The van der Waals surface area contributed by atoms with E-state index in [1.807, 2.05) is 31.2 Å². The predicted octanol–water partition coefficient (Wildman–Crippen LogP) is 2.80. The lowest BCUT2D eigenvalue weighted by Gasteiger charge is -2.03. The van der Waals surface area contributed by atoms with Crippen molar-refractivity contribution in [3.8, 4) is 11.3 Å². The average molecular weight is 249 g/mol. The van der Waals surface area contributed by atoms with Crippen molar-refractivity contribution in [3.05, 3.63) is 46.6 Å². The highest BCUT2D eigenvalue weighted by Crippen LogP contribution is 2.21. The Morgan fingerprint density at radius 1 is 1.24 bits per heavy atom. The molecule has 17 heavy (non-hydrogen) atoms. The van der Waals surface area contributed by atoms with Gasteiger partial charge in [-0.05, 0) is 13.0 Å². The maximum Gasteiger partial charge on any atom is 0.338 e. The van der Waals surface area contributed by atoms with Crippen molar-refractivity contribution in [3.63, 3.8) is 0 Å². The van der Waals surface area contributed by atoms with Crippen molar-refractivity contribution in [2.45, 2.75) is 6.92 Å². The Kier molecular flexibility index (Phi) is 3.06. The van der Waals surface area contributed by atoms with E-state index in [0.29, 0.717) is 5.69 Å². The second-order valence-electron chi connectivity index (χ2n) is 3.61. The summed E-state index contributed by atoms with van der Waals surface area (Å²) in [5.74, 6) is -1.11. The Labute approximate surface area is 103 Å². The number of carbonyl (C=O) groups is 1. The highest BCUT2D eigenvalue weighted by molar-refractivity contribution is 6.32. The first-order valence-electron chi connectivity index (χ1n) is 4.91. The minimum atomic E-state index is -1.11. The standard InChI is InChI=1S/C12H9ClN2O2/c1-7-2-4-8(5-3-7)10-6-9(12(16)17)11(13)15-14-10/h2-6H,1H3,(H,16,17). The molecule has 0 fully saturated rings. The first-order chi connectivity index (χ1) is 8.08. The molecule has 0 aliphatic rings. The zero-order chi connectivity index (χ0) is 12.4. The molecule has 2 rings (SSSR count). The van der Waals surface area contributed by atoms with Gasteiger partial charge in [-0.1, -0.05) is 41.4 Å². The lowest BCUT2D eigenvalue weighted by atomic mass is 10.1. The van der Waals surface area contributed by atoms with Gasteiger partial charge in [-0.15, -0.1) is 10.2 Å². The molecule has 0 atom stereocenters. The van der Waals surface area contributed by atoms with E-state index in [9.17, 15) is 4.79 Å². The Morgan fingerprint density at radius 3 is 2.47 bits per heavy atom. The lowest BCUT2D eigenvalue weighted by molar-refractivity contribution is 0.0696. The number of hydrogen-bond donors (Lipinski definition) is 1. The van der Waals surface area contributed by atoms with Crippen LogP contribution in [0, 0.1) is 6.92 Å². The van der Waals surface area contributed by atoms with Gasteiger partial charge in [0.1, 0.15) is 5.56 Å². The first kappa shape index (κ1) is 11.5. The van der Waals surface area contributed by atoms with Crippen molar-refractivity contribution in [1.82, 2.24) is 10.2 Å². The van der Waals surface area contributed by atoms with Crippen LogP contribution < -0.4 is 0 Å². The summed E-state index contributed by atoms with van der Waals surface area (Å²) in [6.07, 6.45) is 0. The van der Waals surface area contributed by atoms with Crippen LogP contribution in [0.3, 0.4) is 0 Å². The molecule has 0 spiro atoms. The summed E-state index contributed by atoms with van der Waals surface area (Å²) in [6.45, 7) is 1.97. The molecule has 0 amide bonds. The van der Waals surface area contributed by atoms with Gasteiger partial charge < -0.3 is 5.11 Å². The molecule has 1 heterocycles. The molecular formula is C12H9ClN2O2. The molecule has 0 saturated carbocycles. The third kappa shape index (κ3) is 2.42. The monoisotopic (exact) mass is 248 g/mol. The summed E-state index contributed by atoms with van der Waals surface area (Å²) in [5, 5.41) is 16.3. The molecule has 5 heteroatoms. The SMILES string of the molecule is Cc1ccc(-c2cc(C(=O)O)c(Cl)nn2)cc1. The molecule has 0 aliphatic carbocycles. The average Bonchev–Trinajstić information content (AvgIpc) is 2.30. The van der Waals surface area contributed by atoms with Gasteiger partial charge in [-0.25, -0.2) is 4.79 Å². The zero-order valence-electron chi connectivity index (χ0n) is 9.01. The van der Waals surface area contributed by atoms with Gasteiger partial charge in [0.05, 0.1) is 5.69 Å². The van der Waals surface area contributed by atoms with Gasteiger partial charge >= 0.3 is 5.97 Å². The van der Waals surface area contributed by atoms with E-state index in [-0.39, 0.29) is 10.7 Å². The van der Waals surface area contributed by atoms with Crippen LogP contribution in [0.25, 0.3) is 11.3 Å². The fourth-order valence-corrected chi connectivity index (χ4v) is 1.57. The van der Waals surface area contributed by atoms with Crippen LogP contribution in [0.15, 0.2) is 30.3 Å². The third-order valence-electron chi connectivity index (χ3n) is 2.33. The van der Waals surface area contributed by atoms with Crippen molar-refractivity contribution >= 4 is 17.6 Å². The molecule has 0 saturated heterocycles. The maximum atomic E-state index is 10.9. The number of aryl methyl sites for hydroxylation is 1. The molecule has 1 N–H and O–H groups in total. The van der Waals surface area contributed by atoms with Crippen molar-refractivity contribution < 1.29 is 9.90 Å². The summed E-state index contributed by atoms with van der Waals surface area (Å²) >= 11 is 5.65. The molecule has 0 bridgehead atoms. The Bertz CT molecular complexity index is 567. The highest BCUT2D eigenvalue weighted by Gasteiger charge is 2.12. The summed E-state index contributed by atoms with van der Waals surface area (Å²) in [5.41, 5.74) is 2.38. The fraction of sp³-hybridized carbons (Fsp3) is 0.0833. The van der Waals surface area contributed by atoms with Crippen molar-refractivity contribution in [2.75, 3.05) is 0 Å². The number of nitrogens with zero attached hydrogens (tertiary/aromatic N) is 2. The number of halogens is 1. The van der Waals surface area contributed by atoms with Crippen molar-refractivity contribution in [1.29, 1.82) is 0 Å². The van der Waals surface area contributed by atoms with Crippen molar-refractivity contribution in [2.24, 2.45) is 0 Å². The fourth-order valence-electron chi connectivity index (χ4n) is 1.39. The minimum Gasteiger partial charge on any atom is -0.478 e. The smallest absolute Gasteiger partial charge is 0.338 e. The molecule has 0 unspecified atom stereocenters. The van der Waals surface area contributed by atoms with Gasteiger partial charge in [-0.2, -0.15) is 0 Å². The molecular weight excluding hydrogens is 240 g/mol. The number of hydrogen-bond acceptors (Lipinski definition) is 3. The van der Waals surface area contributed by atoms with Gasteiger partial charge in [0, 0.05) is 5.56 Å². The van der Waals surface area contributed by atoms with Crippen LogP contribution in [0.2, 0.25) is 5.15 Å². The first-order valence-corrected chi connectivity index (χ1v) is 5.29. The lowest BCUT2D eigenvalue weighted by Crippen LogP contribution is -2.01. The summed E-state index contributed by atoms with van der Waals surface area (Å²) in [6, 6.07) is 8.98. The van der Waals surface area contributed by atoms with E-state index in [4.69, 9.17) is 16.7 Å². The molecule has 1 aromatic carbocycles. The Morgan fingerprint density at radius 2 is 1.88 bits per heavy atom. The second kappa shape index (κ2) is 4.51. The van der Waals surface area contributed by atoms with Crippen LogP contribution in [-0.4, -0.2) is 21.3 Å². The van der Waals surface area contributed by atoms with E-state index < -0.39 is 5.97 Å². The number of rotatable bonds is 2. The van der Waals surface area contributed by atoms with Crippen LogP contribution in [-0.2, 0) is 0 Å². The zero-order valence-corrected chi connectivity index (χ0v) is 9.77. The van der Waals surface area contributed by atoms with Gasteiger partial charge in [-0.3, -0.25) is 0 Å². The van der Waals surface area contributed by atoms with Gasteiger partial charge in [0.25, 0.3) is 0 Å². The normalized spacial score (nSPS) is 10.2. The Hall–Kier alpha value is -1.94. The second-order valence-corrected chi connectivity index (χ2v) is 3.96. The summed E-state index contributed by atoms with van der Waals surface area (Å²) in [7, 11) is 0. The van der Waals surface area contributed by atoms with E-state index >= 15 is 0 Å². The van der Waals surface area contributed by atoms with Crippen LogP contribution in [0.5, 0.6) is 0 Å². The molecule has 0 aliphatic heterocycles. The quantitative estimate of drug-likeness (QED) is 0.888. The summed E-state index contributed by atoms with van der Waals surface area (Å²) < 4.78 is 0. The molecule has 2 aromatic rings. The van der Waals surface area contributed by atoms with Crippen LogP contribution in [0.1, 0.15) is 15.9 Å². The van der Waals surface area contributed by atoms with Gasteiger partial charge in [0.2, 0.25) is 0 Å². The van der Waals surface area contributed by atoms with Gasteiger partial charge in [0.15, 0.2) is 5.15 Å². The number of carboxylic acids is 1. The molecule has 86 valence electrons. The number of carboxylic acid groups (broad SMARTS) is 1. The number of aromatic carboxylic acids is 1. The number of aromatic nitrogens is 2. The van der Waals surface area contributed by atoms with E-state index in [1.165, 1.54) is 6.07 Å². The van der Waals surface area contributed by atoms with Crippen LogP contribution >= 0.6 is 11.6 Å². The highest BCUT2D eigenvalue weighted by atomic mass is 35.5. The van der Waals surface area contributed by atoms with Crippen LogP contribution in [0.4, 0.5) is 0 Å². The molecule has 0 radical (unpaired) electrons. The Balaban J connectivity index is 2.50. The summed E-state index contributed by atoms with van der Waals surface area (Å²) in [4.78, 5) is 10.9. The minimum absolute atomic E-state index is 0.0442. The third-order valence-corrected chi connectivity index (χ3v) is 2.61.